The highest BCUT2D eigenvalue weighted by Crippen LogP contribution is 2.33. The van der Waals surface area contributed by atoms with Gasteiger partial charge in [0.05, 0.1) is 27.3 Å². The summed E-state index contributed by atoms with van der Waals surface area (Å²) in [7, 11) is 3.29. The maximum atomic E-state index is 12.4. The highest BCUT2D eigenvalue weighted by Gasteiger charge is 2.24. The number of amides is 1. The molecule has 0 aliphatic carbocycles. The normalized spacial score (nSPS) is 18.0. The van der Waals surface area contributed by atoms with E-state index in [1.54, 1.807) is 14.2 Å². The predicted octanol–water partition coefficient (Wildman–Crippen LogP) is 2.18. The van der Waals surface area contributed by atoms with Crippen LogP contribution in [0.3, 0.4) is 0 Å². The van der Waals surface area contributed by atoms with Gasteiger partial charge in [-0.1, -0.05) is 18.2 Å². The Morgan fingerprint density at radius 3 is 2.64 bits per heavy atom. The summed E-state index contributed by atoms with van der Waals surface area (Å²) in [6.45, 7) is 2.49. The van der Waals surface area contributed by atoms with Gasteiger partial charge in [-0.15, -0.1) is 0 Å². The van der Waals surface area contributed by atoms with Crippen molar-refractivity contribution in [1.29, 1.82) is 0 Å². The molecule has 0 saturated heterocycles. The second-order valence-electron chi connectivity index (χ2n) is 7.29. The van der Waals surface area contributed by atoms with Crippen molar-refractivity contribution in [3.63, 3.8) is 0 Å². The van der Waals surface area contributed by atoms with Crippen LogP contribution in [-0.4, -0.2) is 50.8 Å². The molecule has 1 unspecified atom stereocenters. The number of carbonyl (C=O) groups is 1. The van der Waals surface area contributed by atoms with E-state index in [0.29, 0.717) is 13.1 Å². The molecule has 28 heavy (non-hydrogen) atoms. The largest absolute Gasteiger partial charge is 0.493 e. The minimum atomic E-state index is 0.0140. The van der Waals surface area contributed by atoms with Crippen molar-refractivity contribution < 1.29 is 19.0 Å². The number of methoxy groups -OCH3 is 2. The SMILES string of the molecule is COc1cc2c(cc1OC)CN(CC(=O)NCC1Cc3ccccc3O1)CC2. The van der Waals surface area contributed by atoms with Crippen molar-refractivity contribution >= 4 is 5.91 Å². The Labute approximate surface area is 165 Å². The summed E-state index contributed by atoms with van der Waals surface area (Å²) in [6, 6.07) is 12.1. The number of carbonyl (C=O) groups excluding carboxylic acids is 1. The average Bonchev–Trinajstić information content (AvgIpc) is 3.14. The summed E-state index contributed by atoms with van der Waals surface area (Å²) in [5.41, 5.74) is 3.65. The number of benzene rings is 2. The molecule has 2 aromatic rings. The molecular formula is C22H26N2O4. The Morgan fingerprint density at radius 1 is 1.14 bits per heavy atom. The van der Waals surface area contributed by atoms with Gasteiger partial charge in [0.25, 0.3) is 0 Å². The molecular weight excluding hydrogens is 356 g/mol. The van der Waals surface area contributed by atoms with Crippen LogP contribution in [0.2, 0.25) is 0 Å². The van der Waals surface area contributed by atoms with Crippen molar-refractivity contribution in [1.82, 2.24) is 10.2 Å². The first-order valence-corrected chi connectivity index (χ1v) is 9.63. The van der Waals surface area contributed by atoms with Crippen molar-refractivity contribution in [2.75, 3.05) is 33.9 Å². The van der Waals surface area contributed by atoms with Gasteiger partial charge in [0, 0.05) is 19.5 Å². The number of fused-ring (bicyclic) bond motifs is 2. The second kappa shape index (κ2) is 8.10. The van der Waals surface area contributed by atoms with E-state index in [1.165, 1.54) is 16.7 Å². The third kappa shape index (κ3) is 3.92. The molecule has 1 amide bonds. The maximum Gasteiger partial charge on any atom is 0.234 e. The van der Waals surface area contributed by atoms with Gasteiger partial charge in [-0.3, -0.25) is 9.69 Å². The van der Waals surface area contributed by atoms with Gasteiger partial charge >= 0.3 is 0 Å². The molecule has 148 valence electrons. The molecule has 2 aliphatic rings. The summed E-state index contributed by atoms with van der Waals surface area (Å²) >= 11 is 0. The zero-order valence-corrected chi connectivity index (χ0v) is 16.4. The van der Waals surface area contributed by atoms with Crippen LogP contribution in [0.15, 0.2) is 36.4 Å². The van der Waals surface area contributed by atoms with E-state index >= 15 is 0 Å². The number of para-hydroxylation sites is 1. The highest BCUT2D eigenvalue weighted by molar-refractivity contribution is 5.78. The molecule has 1 atom stereocenters. The molecule has 0 spiro atoms. The van der Waals surface area contributed by atoms with Crippen LogP contribution in [0.5, 0.6) is 17.2 Å². The van der Waals surface area contributed by atoms with Gasteiger partial charge in [0.15, 0.2) is 11.5 Å². The lowest BCUT2D eigenvalue weighted by Crippen LogP contribution is -2.42. The quantitative estimate of drug-likeness (QED) is 0.830. The monoisotopic (exact) mass is 382 g/mol. The third-order valence-electron chi connectivity index (χ3n) is 5.41. The maximum absolute atomic E-state index is 12.4. The van der Waals surface area contributed by atoms with Crippen molar-refractivity contribution in [2.45, 2.75) is 25.5 Å². The Morgan fingerprint density at radius 2 is 1.89 bits per heavy atom. The number of rotatable bonds is 6. The number of nitrogens with zero attached hydrogens (tertiary/aromatic N) is 1. The van der Waals surface area contributed by atoms with Crippen molar-refractivity contribution in [3.05, 3.63) is 53.1 Å². The van der Waals surface area contributed by atoms with E-state index in [-0.39, 0.29) is 12.0 Å². The number of nitrogens with one attached hydrogen (secondary N) is 1. The minimum absolute atomic E-state index is 0.0140. The minimum Gasteiger partial charge on any atom is -0.493 e. The van der Waals surface area contributed by atoms with Gasteiger partial charge in [-0.25, -0.2) is 0 Å². The van der Waals surface area contributed by atoms with Crippen molar-refractivity contribution in [2.24, 2.45) is 0 Å². The Kier molecular flexibility index (Phi) is 5.39. The molecule has 0 radical (unpaired) electrons. The standard InChI is InChI=1S/C22H26N2O4/c1-26-20-10-15-7-8-24(13-17(15)11-21(20)27-2)14-22(25)23-12-18-9-16-5-3-4-6-19(16)28-18/h3-6,10-11,18H,7-9,12-14H2,1-2H3,(H,23,25). The molecule has 6 nitrogen and oxygen atoms in total. The molecule has 2 heterocycles. The van der Waals surface area contributed by atoms with Crippen LogP contribution < -0.4 is 19.5 Å². The summed E-state index contributed by atoms with van der Waals surface area (Å²) < 4.78 is 16.7. The van der Waals surface area contributed by atoms with E-state index in [4.69, 9.17) is 14.2 Å². The average molecular weight is 382 g/mol. The first-order valence-electron chi connectivity index (χ1n) is 9.63. The predicted molar refractivity (Wildman–Crippen MR) is 106 cm³/mol. The second-order valence-corrected chi connectivity index (χ2v) is 7.29. The van der Waals surface area contributed by atoms with E-state index in [2.05, 4.69) is 16.3 Å². The summed E-state index contributed by atoms with van der Waals surface area (Å²) in [5, 5.41) is 3.02. The molecule has 0 saturated carbocycles. The Balaban J connectivity index is 1.29. The lowest BCUT2D eigenvalue weighted by atomic mass is 9.99. The van der Waals surface area contributed by atoms with Gasteiger partial charge in [-0.2, -0.15) is 0 Å². The molecule has 0 fully saturated rings. The fraction of sp³-hybridized carbons (Fsp3) is 0.409. The Hall–Kier alpha value is -2.73. The van der Waals surface area contributed by atoms with Gasteiger partial charge in [0.1, 0.15) is 11.9 Å². The molecule has 0 aromatic heterocycles. The van der Waals surface area contributed by atoms with E-state index < -0.39 is 0 Å². The number of hydrogen-bond donors (Lipinski definition) is 1. The van der Waals surface area contributed by atoms with E-state index in [9.17, 15) is 4.79 Å². The van der Waals surface area contributed by atoms with Crippen LogP contribution >= 0.6 is 0 Å². The summed E-state index contributed by atoms with van der Waals surface area (Å²) in [4.78, 5) is 14.6. The molecule has 1 N–H and O–H groups in total. The fourth-order valence-corrected chi connectivity index (χ4v) is 3.93. The van der Waals surface area contributed by atoms with E-state index in [1.807, 2.05) is 30.3 Å². The highest BCUT2D eigenvalue weighted by atomic mass is 16.5. The van der Waals surface area contributed by atoms with Gasteiger partial charge in [-0.05, 0) is 41.3 Å². The number of hydrogen-bond acceptors (Lipinski definition) is 5. The van der Waals surface area contributed by atoms with Crippen LogP contribution in [0, 0.1) is 0 Å². The van der Waals surface area contributed by atoms with Crippen LogP contribution in [0.1, 0.15) is 16.7 Å². The number of ether oxygens (including phenoxy) is 3. The third-order valence-corrected chi connectivity index (χ3v) is 5.41. The van der Waals surface area contributed by atoms with Gasteiger partial charge in [0.2, 0.25) is 5.91 Å². The molecule has 4 rings (SSSR count). The summed E-state index contributed by atoms with van der Waals surface area (Å²) in [6.07, 6.45) is 1.75. The van der Waals surface area contributed by atoms with Crippen LogP contribution in [0.4, 0.5) is 0 Å². The lowest BCUT2D eigenvalue weighted by Gasteiger charge is -2.29. The zero-order chi connectivity index (χ0) is 19.5. The molecule has 2 aromatic carbocycles. The summed E-state index contributed by atoms with van der Waals surface area (Å²) in [5.74, 6) is 2.44. The first kappa shape index (κ1) is 18.6. The van der Waals surface area contributed by atoms with Crippen LogP contribution in [-0.2, 0) is 24.2 Å². The Bertz CT molecular complexity index is 843. The lowest BCUT2D eigenvalue weighted by molar-refractivity contribution is -0.122. The fourth-order valence-electron chi connectivity index (χ4n) is 3.93. The smallest absolute Gasteiger partial charge is 0.234 e. The molecule has 2 aliphatic heterocycles. The van der Waals surface area contributed by atoms with E-state index in [0.717, 1.165) is 43.2 Å². The zero-order valence-electron chi connectivity index (χ0n) is 16.4. The molecule has 0 bridgehead atoms. The van der Waals surface area contributed by atoms with Crippen molar-refractivity contribution in [3.8, 4) is 17.2 Å². The molecule has 6 heteroatoms. The van der Waals surface area contributed by atoms with Crippen LogP contribution in [0.25, 0.3) is 0 Å². The van der Waals surface area contributed by atoms with Gasteiger partial charge < -0.3 is 19.5 Å². The first-order chi connectivity index (χ1) is 13.7. The topological polar surface area (TPSA) is 60.0 Å².